The Bertz CT molecular complexity index is 219. The van der Waals surface area contributed by atoms with Gasteiger partial charge in [-0.1, -0.05) is 17.7 Å². The molecule has 0 fully saturated rings. The fraction of sp³-hybridized carbons (Fsp3) is 0. The summed E-state index contributed by atoms with van der Waals surface area (Å²) in [4.78, 5) is 0. The van der Waals surface area contributed by atoms with Gasteiger partial charge in [-0.05, 0) is 12.1 Å². The van der Waals surface area contributed by atoms with E-state index < -0.39 is 0 Å². The van der Waals surface area contributed by atoms with Gasteiger partial charge in [-0.25, -0.2) is 0 Å². The van der Waals surface area contributed by atoms with Crippen LogP contribution in [0.15, 0.2) is 18.2 Å². The molecule has 0 aliphatic carbocycles. The quantitative estimate of drug-likeness (QED) is 0.572. The molecule has 0 amide bonds. The molecule has 1 radical (unpaired) electrons. The molecule has 0 aliphatic heterocycles. The van der Waals surface area contributed by atoms with Crippen LogP contribution in [-0.4, -0.2) is 17.6 Å². The summed E-state index contributed by atoms with van der Waals surface area (Å²) in [6.07, 6.45) is 0. The molecule has 0 unspecified atom stereocenters. The average molecular weight is 155 g/mol. The van der Waals surface area contributed by atoms with Crippen LogP contribution in [-0.2, 0) is 0 Å². The zero-order valence-electron chi connectivity index (χ0n) is 5.08. The third-order valence-corrected chi connectivity index (χ3v) is 1.49. The highest BCUT2D eigenvalue weighted by Crippen LogP contribution is 2.11. The first-order valence-electron chi connectivity index (χ1n) is 2.70. The van der Waals surface area contributed by atoms with Crippen LogP contribution in [0.4, 0.5) is 0 Å². The Morgan fingerprint density at radius 3 is 2.50 bits per heavy atom. The van der Waals surface area contributed by atoms with E-state index in [0.717, 1.165) is 7.48 Å². The molecule has 10 heavy (non-hydrogen) atoms. The molecule has 0 spiro atoms. The van der Waals surface area contributed by atoms with Crippen molar-refractivity contribution in [3.63, 3.8) is 0 Å². The summed E-state index contributed by atoms with van der Waals surface area (Å²) in [7, 11) is 0.775. The summed E-state index contributed by atoms with van der Waals surface area (Å²) >= 11 is 5.58. The summed E-state index contributed by atoms with van der Waals surface area (Å²) in [5.74, 6) is -0.0185. The minimum Gasteiger partial charge on any atom is -0.508 e. The largest absolute Gasteiger partial charge is 0.508 e. The number of benzene rings is 1. The maximum Gasteiger partial charge on any atom is 0.332 e. The number of hydrogen-bond donors (Lipinski definition) is 2. The second-order valence-electron chi connectivity index (χ2n) is 1.80. The van der Waals surface area contributed by atoms with Crippen molar-refractivity contribution < 1.29 is 10.1 Å². The second-order valence-corrected chi connectivity index (χ2v) is 2.21. The molecular weight excluding hydrogens is 150 g/mol. The zero-order chi connectivity index (χ0) is 7.56. The molecule has 0 saturated carbocycles. The lowest BCUT2D eigenvalue weighted by atomic mass is 9.88. The number of phenolic OH excluding ortho intramolecular Hbond substituents is 1. The Balaban J connectivity index is 3.17. The van der Waals surface area contributed by atoms with Crippen molar-refractivity contribution in [2.45, 2.75) is 0 Å². The van der Waals surface area contributed by atoms with Gasteiger partial charge in [0.25, 0.3) is 0 Å². The van der Waals surface area contributed by atoms with Gasteiger partial charge in [0, 0.05) is 10.5 Å². The van der Waals surface area contributed by atoms with Crippen LogP contribution in [0.1, 0.15) is 0 Å². The van der Waals surface area contributed by atoms with Gasteiger partial charge in [-0.15, -0.1) is 0 Å². The van der Waals surface area contributed by atoms with Crippen LogP contribution >= 0.6 is 11.6 Å². The summed E-state index contributed by atoms with van der Waals surface area (Å²) in [6.45, 7) is 0. The molecule has 1 aromatic carbocycles. The van der Waals surface area contributed by atoms with Crippen molar-refractivity contribution in [2.24, 2.45) is 0 Å². The summed E-state index contributed by atoms with van der Waals surface area (Å²) in [6, 6.07) is 4.64. The molecule has 4 heteroatoms. The van der Waals surface area contributed by atoms with Gasteiger partial charge in [-0.3, -0.25) is 0 Å². The van der Waals surface area contributed by atoms with Gasteiger partial charge < -0.3 is 10.1 Å². The van der Waals surface area contributed by atoms with Crippen molar-refractivity contribution in [1.29, 1.82) is 0 Å². The third kappa shape index (κ3) is 1.25. The molecule has 1 rings (SSSR count). The summed E-state index contributed by atoms with van der Waals surface area (Å²) in [5.41, 5.74) is 0.254. The van der Waals surface area contributed by atoms with E-state index >= 15 is 0 Å². The fourth-order valence-corrected chi connectivity index (χ4v) is 0.872. The lowest BCUT2D eigenvalue weighted by Gasteiger charge is -1.99. The average Bonchev–Trinajstić information content (AvgIpc) is 1.88. The van der Waals surface area contributed by atoms with Crippen LogP contribution < -0.4 is 5.46 Å². The van der Waals surface area contributed by atoms with Crippen molar-refractivity contribution in [1.82, 2.24) is 0 Å². The molecule has 1 aromatic rings. The van der Waals surface area contributed by atoms with E-state index in [9.17, 15) is 0 Å². The number of halogens is 1. The van der Waals surface area contributed by atoms with E-state index in [-0.39, 0.29) is 11.2 Å². The third-order valence-electron chi connectivity index (χ3n) is 1.16. The van der Waals surface area contributed by atoms with Crippen molar-refractivity contribution in [3.8, 4) is 5.75 Å². The topological polar surface area (TPSA) is 40.5 Å². The summed E-state index contributed by atoms with van der Waals surface area (Å²) < 4.78 is 0. The Kier molecular flexibility index (Phi) is 2.19. The predicted octanol–water partition coefficient (Wildman–Crippen LogP) is 0.282. The lowest BCUT2D eigenvalue weighted by Crippen LogP contribution is -2.14. The SMILES string of the molecule is O[B]c1c(O)cccc1Cl. The molecular formula is C6H5BClO2. The molecule has 0 bridgehead atoms. The van der Waals surface area contributed by atoms with Crippen molar-refractivity contribution in [2.75, 3.05) is 0 Å². The van der Waals surface area contributed by atoms with E-state index in [1.54, 1.807) is 12.1 Å². The highest BCUT2D eigenvalue weighted by molar-refractivity contribution is 6.53. The second kappa shape index (κ2) is 2.95. The summed E-state index contributed by atoms with van der Waals surface area (Å²) in [5, 5.41) is 17.9. The van der Waals surface area contributed by atoms with Gasteiger partial charge in [0.1, 0.15) is 5.75 Å². The van der Waals surface area contributed by atoms with E-state index in [0.29, 0.717) is 5.02 Å². The molecule has 2 N–H and O–H groups in total. The van der Waals surface area contributed by atoms with Gasteiger partial charge in [-0.2, -0.15) is 0 Å². The molecule has 0 aliphatic rings. The first-order chi connectivity index (χ1) is 4.75. The highest BCUT2D eigenvalue weighted by atomic mass is 35.5. The first kappa shape index (κ1) is 7.44. The normalized spacial score (nSPS) is 9.40. The van der Waals surface area contributed by atoms with Crippen LogP contribution in [0.2, 0.25) is 5.02 Å². The number of phenols is 1. The maximum absolute atomic E-state index is 9.02. The van der Waals surface area contributed by atoms with Gasteiger partial charge >= 0.3 is 7.48 Å². The van der Waals surface area contributed by atoms with E-state index in [4.69, 9.17) is 21.7 Å². The van der Waals surface area contributed by atoms with Crippen LogP contribution in [0.3, 0.4) is 0 Å². The minimum atomic E-state index is -0.0185. The van der Waals surface area contributed by atoms with Crippen LogP contribution in [0.5, 0.6) is 5.75 Å². The number of hydrogen-bond acceptors (Lipinski definition) is 2. The smallest absolute Gasteiger partial charge is 0.332 e. The molecule has 0 heterocycles. The molecule has 0 atom stereocenters. The Hall–Kier alpha value is -0.665. The van der Waals surface area contributed by atoms with E-state index in [1.807, 2.05) is 0 Å². The molecule has 0 saturated heterocycles. The van der Waals surface area contributed by atoms with Gasteiger partial charge in [0.15, 0.2) is 0 Å². The molecule has 0 aromatic heterocycles. The number of aromatic hydroxyl groups is 1. The Morgan fingerprint density at radius 2 is 2.10 bits per heavy atom. The van der Waals surface area contributed by atoms with Crippen molar-refractivity contribution in [3.05, 3.63) is 23.2 Å². The van der Waals surface area contributed by atoms with Crippen LogP contribution in [0, 0.1) is 0 Å². The minimum absolute atomic E-state index is 0.0185. The molecule has 51 valence electrons. The highest BCUT2D eigenvalue weighted by Gasteiger charge is 2.04. The Morgan fingerprint density at radius 1 is 1.40 bits per heavy atom. The molecule has 2 nitrogen and oxygen atoms in total. The standard InChI is InChI=1S/C6H5BClO2/c8-4-2-1-3-5(9)6(4)7-10/h1-3,9-10H. The predicted molar refractivity (Wildman–Crippen MR) is 40.7 cm³/mol. The van der Waals surface area contributed by atoms with Gasteiger partial charge in [0.05, 0.1) is 0 Å². The van der Waals surface area contributed by atoms with E-state index in [2.05, 4.69) is 0 Å². The van der Waals surface area contributed by atoms with Gasteiger partial charge in [0.2, 0.25) is 0 Å². The van der Waals surface area contributed by atoms with Crippen molar-refractivity contribution >= 4 is 24.5 Å². The number of rotatable bonds is 1. The zero-order valence-corrected chi connectivity index (χ0v) is 5.84. The van der Waals surface area contributed by atoms with E-state index in [1.165, 1.54) is 6.07 Å². The fourth-order valence-electron chi connectivity index (χ4n) is 0.653. The monoisotopic (exact) mass is 155 g/mol. The maximum atomic E-state index is 9.02. The Labute approximate surface area is 64.3 Å². The lowest BCUT2D eigenvalue weighted by molar-refractivity contribution is 0.478. The van der Waals surface area contributed by atoms with Crippen LogP contribution in [0.25, 0.3) is 0 Å². The first-order valence-corrected chi connectivity index (χ1v) is 3.08.